The molecule has 2 amide bonds. The molecule has 1 heterocycles. The lowest BCUT2D eigenvalue weighted by molar-refractivity contribution is -0.142. The summed E-state index contributed by atoms with van der Waals surface area (Å²) in [5.74, 6) is -1.54. The van der Waals surface area contributed by atoms with E-state index in [-0.39, 0.29) is 18.9 Å². The number of hydrogen-bond donors (Lipinski definition) is 3. The van der Waals surface area contributed by atoms with Crippen molar-refractivity contribution in [2.24, 2.45) is 0 Å². The molecule has 35 heavy (non-hydrogen) atoms. The summed E-state index contributed by atoms with van der Waals surface area (Å²) in [5, 5.41) is 14.9. The molecule has 0 bridgehead atoms. The van der Waals surface area contributed by atoms with Gasteiger partial charge in [-0.15, -0.1) is 0 Å². The molecule has 186 valence electrons. The fraction of sp³-hybridized carbons (Fsp3) is 0.444. The van der Waals surface area contributed by atoms with Crippen LogP contribution in [0.25, 0.3) is 11.1 Å². The number of fused-ring (bicyclic) bond motifs is 3. The first-order valence-electron chi connectivity index (χ1n) is 12.2. The van der Waals surface area contributed by atoms with Gasteiger partial charge in [0.05, 0.1) is 12.0 Å². The molecule has 2 aromatic rings. The van der Waals surface area contributed by atoms with Crippen LogP contribution in [-0.2, 0) is 19.1 Å². The Morgan fingerprint density at radius 2 is 1.66 bits per heavy atom. The zero-order valence-electron chi connectivity index (χ0n) is 19.9. The van der Waals surface area contributed by atoms with Crippen molar-refractivity contribution >= 4 is 18.0 Å². The van der Waals surface area contributed by atoms with E-state index in [0.29, 0.717) is 38.9 Å². The number of benzene rings is 2. The van der Waals surface area contributed by atoms with Crippen molar-refractivity contribution in [2.75, 3.05) is 19.8 Å². The van der Waals surface area contributed by atoms with E-state index in [9.17, 15) is 19.5 Å². The minimum absolute atomic E-state index is 0.0337. The molecule has 2 aliphatic rings. The highest BCUT2D eigenvalue weighted by molar-refractivity contribution is 5.84. The Morgan fingerprint density at radius 1 is 1.06 bits per heavy atom. The Bertz CT molecular complexity index is 1030. The Morgan fingerprint density at radius 3 is 2.23 bits per heavy atom. The van der Waals surface area contributed by atoms with Crippen LogP contribution in [0, 0.1) is 0 Å². The van der Waals surface area contributed by atoms with Crippen molar-refractivity contribution in [3.05, 3.63) is 59.7 Å². The van der Waals surface area contributed by atoms with Gasteiger partial charge < -0.3 is 25.2 Å². The van der Waals surface area contributed by atoms with Crippen molar-refractivity contribution in [2.45, 2.75) is 56.5 Å². The van der Waals surface area contributed by atoms with Crippen LogP contribution in [0.4, 0.5) is 4.79 Å². The number of amides is 2. The van der Waals surface area contributed by atoms with Crippen LogP contribution < -0.4 is 10.6 Å². The minimum atomic E-state index is -1.06. The number of rotatable bonds is 9. The van der Waals surface area contributed by atoms with Gasteiger partial charge in [-0.1, -0.05) is 61.9 Å². The zero-order valence-corrected chi connectivity index (χ0v) is 19.9. The summed E-state index contributed by atoms with van der Waals surface area (Å²) in [4.78, 5) is 37.1. The van der Waals surface area contributed by atoms with E-state index in [1.807, 2.05) is 31.2 Å². The normalized spacial score (nSPS) is 17.1. The maximum atomic E-state index is 12.9. The van der Waals surface area contributed by atoms with Crippen molar-refractivity contribution in [1.82, 2.24) is 10.6 Å². The third kappa shape index (κ3) is 5.65. The second-order valence-electron chi connectivity index (χ2n) is 9.27. The number of hydrogen-bond acceptors (Lipinski definition) is 5. The quantitative estimate of drug-likeness (QED) is 0.503. The van der Waals surface area contributed by atoms with Crippen LogP contribution in [-0.4, -0.2) is 54.5 Å². The molecule has 8 nitrogen and oxygen atoms in total. The van der Waals surface area contributed by atoms with Crippen molar-refractivity contribution in [3.63, 3.8) is 0 Å². The molecule has 1 atom stereocenters. The van der Waals surface area contributed by atoms with E-state index in [1.54, 1.807) is 0 Å². The molecular formula is C27H32N2O6. The van der Waals surface area contributed by atoms with Gasteiger partial charge in [0, 0.05) is 19.1 Å². The van der Waals surface area contributed by atoms with E-state index in [1.165, 1.54) is 0 Å². The monoisotopic (exact) mass is 480 g/mol. The predicted octanol–water partition coefficient (Wildman–Crippen LogP) is 3.83. The lowest BCUT2D eigenvalue weighted by Gasteiger charge is -2.37. The Labute approximate surface area is 205 Å². The maximum absolute atomic E-state index is 12.9. The van der Waals surface area contributed by atoms with Crippen LogP contribution in [0.2, 0.25) is 0 Å². The van der Waals surface area contributed by atoms with Crippen molar-refractivity contribution in [1.29, 1.82) is 0 Å². The van der Waals surface area contributed by atoms with Crippen LogP contribution >= 0.6 is 0 Å². The van der Waals surface area contributed by atoms with Crippen molar-refractivity contribution < 1.29 is 29.0 Å². The number of carboxylic acid groups (broad SMARTS) is 1. The van der Waals surface area contributed by atoms with E-state index in [0.717, 1.165) is 22.3 Å². The third-order valence-electron chi connectivity index (χ3n) is 6.87. The number of nitrogens with one attached hydrogen (secondary N) is 2. The predicted molar refractivity (Wildman–Crippen MR) is 130 cm³/mol. The smallest absolute Gasteiger partial charge is 0.407 e. The average Bonchev–Trinajstić information content (AvgIpc) is 3.16. The fourth-order valence-corrected chi connectivity index (χ4v) is 5.06. The molecule has 0 unspecified atom stereocenters. The lowest BCUT2D eigenvalue weighted by atomic mass is 9.86. The Hall–Kier alpha value is -3.39. The van der Waals surface area contributed by atoms with Crippen LogP contribution in [0.3, 0.4) is 0 Å². The summed E-state index contributed by atoms with van der Waals surface area (Å²) in [7, 11) is 0. The van der Waals surface area contributed by atoms with E-state index in [4.69, 9.17) is 9.47 Å². The van der Waals surface area contributed by atoms with Crippen LogP contribution in [0.5, 0.6) is 0 Å². The first-order valence-corrected chi connectivity index (χ1v) is 12.2. The average molecular weight is 481 g/mol. The molecule has 8 heteroatoms. The number of carbonyl (C=O) groups is 3. The Balaban J connectivity index is 1.41. The summed E-state index contributed by atoms with van der Waals surface area (Å²) >= 11 is 0. The SMILES string of the molecule is CCC[C@@H](NC(=O)CC1(NC(=O)OCC2c3ccccc3-c3ccccc32)CCOCC1)C(=O)O. The third-order valence-corrected chi connectivity index (χ3v) is 6.87. The molecule has 0 radical (unpaired) electrons. The number of ether oxygens (including phenoxy) is 2. The second kappa shape index (κ2) is 10.9. The van der Waals surface area contributed by atoms with E-state index in [2.05, 4.69) is 34.9 Å². The topological polar surface area (TPSA) is 114 Å². The van der Waals surface area contributed by atoms with Gasteiger partial charge in [-0.05, 0) is 41.5 Å². The Kier molecular flexibility index (Phi) is 7.70. The molecule has 3 N–H and O–H groups in total. The summed E-state index contributed by atoms with van der Waals surface area (Å²) in [5.41, 5.74) is 3.69. The van der Waals surface area contributed by atoms with Crippen LogP contribution in [0.15, 0.2) is 48.5 Å². The van der Waals surface area contributed by atoms with Gasteiger partial charge in [0.2, 0.25) is 5.91 Å². The number of alkyl carbamates (subject to hydrolysis) is 1. The minimum Gasteiger partial charge on any atom is -0.480 e. The second-order valence-corrected chi connectivity index (χ2v) is 9.27. The van der Waals surface area contributed by atoms with Gasteiger partial charge in [-0.2, -0.15) is 0 Å². The largest absolute Gasteiger partial charge is 0.480 e. The highest BCUT2D eigenvalue weighted by atomic mass is 16.5. The first kappa shape index (κ1) is 24.7. The van der Waals surface area contributed by atoms with Gasteiger partial charge in [0.15, 0.2) is 0 Å². The maximum Gasteiger partial charge on any atom is 0.407 e. The first-order chi connectivity index (χ1) is 16.9. The molecule has 0 spiro atoms. The van der Waals surface area contributed by atoms with Gasteiger partial charge in [0.25, 0.3) is 0 Å². The zero-order chi connectivity index (χ0) is 24.8. The molecule has 2 aromatic carbocycles. The van der Waals surface area contributed by atoms with Gasteiger partial charge in [-0.3, -0.25) is 4.79 Å². The van der Waals surface area contributed by atoms with Gasteiger partial charge in [-0.25, -0.2) is 9.59 Å². The highest BCUT2D eigenvalue weighted by Crippen LogP contribution is 2.44. The van der Waals surface area contributed by atoms with Crippen LogP contribution in [0.1, 0.15) is 56.1 Å². The fourth-order valence-electron chi connectivity index (χ4n) is 5.06. The standard InChI is InChI=1S/C27H32N2O6/c1-2-7-23(25(31)32)28-24(30)16-27(12-14-34-15-13-27)29-26(33)35-17-22-20-10-5-3-8-18(20)19-9-4-6-11-21(19)22/h3-6,8-11,22-23H,2,7,12-17H2,1H3,(H,28,30)(H,29,33)(H,31,32)/t23-/m1/s1. The number of carbonyl (C=O) groups excluding carboxylic acids is 2. The lowest BCUT2D eigenvalue weighted by Crippen LogP contribution is -2.55. The molecule has 4 rings (SSSR count). The molecule has 1 saturated heterocycles. The molecular weight excluding hydrogens is 448 g/mol. The summed E-state index contributed by atoms with van der Waals surface area (Å²) in [6, 6.07) is 15.3. The summed E-state index contributed by atoms with van der Waals surface area (Å²) < 4.78 is 11.1. The van der Waals surface area contributed by atoms with E-state index < -0.39 is 29.6 Å². The van der Waals surface area contributed by atoms with Gasteiger partial charge >= 0.3 is 12.1 Å². The molecule has 1 aliphatic heterocycles. The van der Waals surface area contributed by atoms with E-state index >= 15 is 0 Å². The molecule has 1 fully saturated rings. The number of aliphatic carboxylic acids is 1. The summed E-state index contributed by atoms with van der Waals surface area (Å²) in [6.45, 7) is 2.83. The molecule has 0 saturated carbocycles. The van der Waals surface area contributed by atoms with Gasteiger partial charge in [0.1, 0.15) is 12.6 Å². The summed E-state index contributed by atoms with van der Waals surface area (Å²) in [6.07, 6.45) is 1.23. The molecule has 1 aliphatic carbocycles. The number of carboxylic acids is 1. The highest BCUT2D eigenvalue weighted by Gasteiger charge is 2.38. The van der Waals surface area contributed by atoms with Crippen molar-refractivity contribution in [3.8, 4) is 11.1 Å². The molecule has 0 aromatic heterocycles.